The van der Waals surface area contributed by atoms with Crippen LogP contribution in [0.4, 0.5) is 13.2 Å². The fraction of sp³-hybridized carbons (Fsp3) is 0.474. The van der Waals surface area contributed by atoms with Gasteiger partial charge in [-0.2, -0.15) is 13.2 Å². The highest BCUT2D eigenvalue weighted by Gasteiger charge is 2.36. The minimum atomic E-state index is -4.74. The van der Waals surface area contributed by atoms with E-state index in [0.29, 0.717) is 29.9 Å². The Labute approximate surface area is 286 Å². The van der Waals surface area contributed by atoms with Crippen molar-refractivity contribution >= 4 is 11.9 Å². The summed E-state index contributed by atoms with van der Waals surface area (Å²) >= 11 is 0. The Kier molecular flexibility index (Phi) is 12.1. The normalized spacial score (nSPS) is 14.3. The largest absolute Gasteiger partial charge is 0.469 e. The van der Waals surface area contributed by atoms with Crippen LogP contribution >= 0.6 is 0 Å². The number of hydrogen-bond donors (Lipinski definition) is 1. The number of carbonyl (C=O) groups excluding carboxylic acids is 2. The molecule has 49 heavy (non-hydrogen) atoms. The minimum absolute atomic E-state index is 0.0167. The molecule has 8 nitrogen and oxygen atoms in total. The molecule has 0 aliphatic heterocycles. The van der Waals surface area contributed by atoms with E-state index in [1.807, 2.05) is 58.0 Å². The molecule has 0 saturated heterocycles. The molecule has 1 fully saturated rings. The van der Waals surface area contributed by atoms with Crippen molar-refractivity contribution in [3.63, 3.8) is 0 Å². The molecule has 1 aliphatic rings. The number of pyridine rings is 2. The molecule has 1 saturated carbocycles. The highest BCUT2D eigenvalue weighted by atomic mass is 19.4. The maximum absolute atomic E-state index is 14.2. The number of aromatic nitrogens is 2. The van der Waals surface area contributed by atoms with Crippen LogP contribution in [0.2, 0.25) is 0 Å². The van der Waals surface area contributed by atoms with Crippen LogP contribution in [0.5, 0.6) is 0 Å². The molecule has 1 aromatic carbocycles. The number of aryl methyl sites for hydroxylation is 2. The Morgan fingerprint density at radius 2 is 1.80 bits per heavy atom. The van der Waals surface area contributed by atoms with E-state index in [4.69, 9.17) is 9.72 Å². The number of ether oxygens (including phenoxy) is 1. The molecule has 1 unspecified atom stereocenters. The van der Waals surface area contributed by atoms with Gasteiger partial charge in [0.15, 0.2) is 0 Å². The molecule has 3 aromatic rings. The molecule has 2 aromatic heterocycles. The Morgan fingerprint density at radius 1 is 1.12 bits per heavy atom. The number of methoxy groups -OCH3 is 1. The van der Waals surface area contributed by atoms with Gasteiger partial charge in [-0.05, 0) is 105 Å². The number of nitrogens with one attached hydrogen (secondary N) is 1. The van der Waals surface area contributed by atoms with Crippen molar-refractivity contribution in [2.24, 2.45) is 11.8 Å². The lowest BCUT2D eigenvalue weighted by Crippen LogP contribution is -2.41. The summed E-state index contributed by atoms with van der Waals surface area (Å²) in [5.41, 5.74) is 2.63. The van der Waals surface area contributed by atoms with Gasteiger partial charge in [0.05, 0.1) is 30.8 Å². The molecule has 1 amide bonds. The highest BCUT2D eigenvalue weighted by Crippen LogP contribution is 2.34. The van der Waals surface area contributed by atoms with E-state index in [1.54, 1.807) is 19.0 Å². The predicted octanol–water partition coefficient (Wildman–Crippen LogP) is 6.42. The van der Waals surface area contributed by atoms with Gasteiger partial charge in [-0.25, -0.2) is 4.98 Å². The first-order valence-corrected chi connectivity index (χ1v) is 16.5. The van der Waals surface area contributed by atoms with Gasteiger partial charge in [0.2, 0.25) is 5.91 Å². The fourth-order valence-corrected chi connectivity index (χ4v) is 5.80. The van der Waals surface area contributed by atoms with E-state index in [-0.39, 0.29) is 30.7 Å². The van der Waals surface area contributed by atoms with Gasteiger partial charge in [-0.15, -0.1) is 0 Å². The molecule has 0 radical (unpaired) electrons. The van der Waals surface area contributed by atoms with Gasteiger partial charge in [0.25, 0.3) is 5.56 Å². The Hall–Kier alpha value is -4.43. The van der Waals surface area contributed by atoms with Crippen molar-refractivity contribution in [2.45, 2.75) is 78.1 Å². The molecule has 2 atom stereocenters. The molecule has 1 N–H and O–H groups in total. The fourth-order valence-electron chi connectivity index (χ4n) is 5.80. The Morgan fingerprint density at radius 3 is 2.37 bits per heavy atom. The zero-order valence-corrected chi connectivity index (χ0v) is 29.2. The summed E-state index contributed by atoms with van der Waals surface area (Å²) in [5, 5.41) is 2.92. The van der Waals surface area contributed by atoms with Gasteiger partial charge >= 0.3 is 12.1 Å². The van der Waals surface area contributed by atoms with Crippen LogP contribution in [-0.2, 0) is 26.9 Å². The van der Waals surface area contributed by atoms with Crippen LogP contribution in [0.1, 0.15) is 85.3 Å². The van der Waals surface area contributed by atoms with Crippen LogP contribution in [-0.4, -0.2) is 54.1 Å². The first kappa shape index (κ1) is 37.4. The van der Waals surface area contributed by atoms with Crippen LogP contribution < -0.4 is 10.9 Å². The molecule has 4 rings (SSSR count). The van der Waals surface area contributed by atoms with Crippen LogP contribution in [0, 0.1) is 37.5 Å². The minimum Gasteiger partial charge on any atom is -0.469 e. The summed E-state index contributed by atoms with van der Waals surface area (Å²) in [6.07, 6.45) is -1.64. The third kappa shape index (κ3) is 10.0. The molecule has 0 spiro atoms. The zero-order valence-electron chi connectivity index (χ0n) is 29.2. The maximum Gasteiger partial charge on any atom is 0.416 e. The lowest BCUT2D eigenvalue weighted by Gasteiger charge is -2.26. The third-order valence-corrected chi connectivity index (χ3v) is 8.50. The summed E-state index contributed by atoms with van der Waals surface area (Å²) in [4.78, 5) is 46.7. The lowest BCUT2D eigenvalue weighted by atomic mass is 9.94. The number of amides is 1. The van der Waals surface area contributed by atoms with Crippen molar-refractivity contribution in [2.75, 3.05) is 27.7 Å². The second-order valence-electron chi connectivity index (χ2n) is 13.5. The third-order valence-electron chi connectivity index (χ3n) is 8.50. The van der Waals surface area contributed by atoms with Crippen molar-refractivity contribution < 1.29 is 27.5 Å². The average molecular weight is 679 g/mol. The van der Waals surface area contributed by atoms with E-state index in [9.17, 15) is 27.6 Å². The summed E-state index contributed by atoms with van der Waals surface area (Å²) in [5.74, 6) is 5.36. The van der Waals surface area contributed by atoms with Gasteiger partial charge < -0.3 is 19.5 Å². The van der Waals surface area contributed by atoms with Crippen molar-refractivity contribution in [3.05, 3.63) is 86.6 Å². The molecular weight excluding hydrogens is 633 g/mol. The number of esters is 1. The lowest BCUT2D eigenvalue weighted by molar-refractivity contribution is -0.141. The molecule has 0 bridgehead atoms. The van der Waals surface area contributed by atoms with Gasteiger partial charge in [0, 0.05) is 24.7 Å². The smallest absolute Gasteiger partial charge is 0.416 e. The summed E-state index contributed by atoms with van der Waals surface area (Å²) in [6.45, 7) is 8.01. The molecule has 2 heterocycles. The standard InChI is InChI=1S/C38H45F3N4O4/c1-23(2)17-33(45-22-27(15-16-44(5)6)30(20-34(45)46)38(39,40)41)37(48)43-32(21-35(47)49-7)31-19-28(36-24(3)9-8-10-25(36)4)18-29(42-31)14-13-26-11-12-26/h8-10,18-20,22-23,26,32-33H,11-12,15-17,21H2,1-7H3,(H,43,48)/t32-,33?/m0/s1. The number of carbonyl (C=O) groups is 2. The number of likely N-dealkylation sites (N-methyl/N-ethyl adjacent to an activating group) is 1. The van der Waals surface area contributed by atoms with Crippen LogP contribution in [0.25, 0.3) is 11.1 Å². The second-order valence-corrected chi connectivity index (χ2v) is 13.5. The van der Waals surface area contributed by atoms with Crippen molar-refractivity contribution in [1.29, 1.82) is 0 Å². The number of hydrogen-bond acceptors (Lipinski definition) is 6. The first-order chi connectivity index (χ1) is 23.1. The molecule has 11 heteroatoms. The summed E-state index contributed by atoms with van der Waals surface area (Å²) in [6, 6.07) is 8.08. The second kappa shape index (κ2) is 15.9. The number of rotatable bonds is 12. The zero-order chi connectivity index (χ0) is 36.0. The van der Waals surface area contributed by atoms with E-state index >= 15 is 0 Å². The summed E-state index contributed by atoms with van der Waals surface area (Å²) in [7, 11) is 4.73. The number of halogens is 3. The number of alkyl halides is 3. The monoisotopic (exact) mass is 678 g/mol. The first-order valence-electron chi connectivity index (χ1n) is 16.5. The summed E-state index contributed by atoms with van der Waals surface area (Å²) < 4.78 is 48.1. The van der Waals surface area contributed by atoms with Gasteiger partial charge in [-0.1, -0.05) is 38.0 Å². The van der Waals surface area contributed by atoms with Gasteiger partial charge in [-0.3, -0.25) is 14.4 Å². The number of benzene rings is 1. The van der Waals surface area contributed by atoms with Crippen LogP contribution in [0.3, 0.4) is 0 Å². The molecule has 262 valence electrons. The van der Waals surface area contributed by atoms with Crippen molar-refractivity contribution in [3.8, 4) is 23.0 Å². The van der Waals surface area contributed by atoms with E-state index in [1.165, 1.54) is 7.11 Å². The van der Waals surface area contributed by atoms with Crippen molar-refractivity contribution in [1.82, 2.24) is 19.8 Å². The van der Waals surface area contributed by atoms with Crippen LogP contribution in [0.15, 0.2) is 47.4 Å². The highest BCUT2D eigenvalue weighted by molar-refractivity contribution is 5.82. The molecular formula is C38H45F3N4O4. The average Bonchev–Trinajstić information content (AvgIpc) is 3.85. The quantitative estimate of drug-likeness (QED) is 0.176. The predicted molar refractivity (Wildman–Crippen MR) is 183 cm³/mol. The van der Waals surface area contributed by atoms with E-state index in [0.717, 1.165) is 45.9 Å². The maximum atomic E-state index is 14.2. The van der Waals surface area contributed by atoms with E-state index in [2.05, 4.69) is 17.2 Å². The SMILES string of the molecule is COC(=O)C[C@H](NC(=O)C(CC(C)C)n1cc(CCN(C)C)c(C(F)(F)F)cc1=O)c1cc(-c2c(C)cccc2C)cc(C#CC2CC2)n1. The van der Waals surface area contributed by atoms with Gasteiger partial charge in [0.1, 0.15) is 11.7 Å². The topological polar surface area (TPSA) is 93.5 Å². The Bertz CT molecular complexity index is 1780. The molecule has 1 aliphatic carbocycles. The Balaban J connectivity index is 1.82. The number of nitrogens with zero attached hydrogens (tertiary/aromatic N) is 3. The van der Waals surface area contributed by atoms with E-state index < -0.39 is 41.3 Å².